The third-order valence-corrected chi connectivity index (χ3v) is 3.52. The van der Waals surface area contributed by atoms with E-state index in [-0.39, 0.29) is 21.8 Å². The van der Waals surface area contributed by atoms with Gasteiger partial charge < -0.3 is 15.4 Å². The Morgan fingerprint density at radius 1 is 0.917 bits per heavy atom. The van der Waals surface area contributed by atoms with Crippen molar-refractivity contribution in [2.24, 2.45) is 0 Å². The minimum atomic E-state index is -0.868. The smallest absolute Gasteiger partial charge is 0.314 e. The lowest BCUT2D eigenvalue weighted by atomic mass is 10.3. The van der Waals surface area contributed by atoms with Crippen LogP contribution in [0.4, 0.5) is 11.4 Å². The first-order chi connectivity index (χ1) is 11.4. The molecule has 2 aromatic rings. The van der Waals surface area contributed by atoms with Gasteiger partial charge in [-0.05, 0) is 50.2 Å². The molecule has 0 fully saturated rings. The van der Waals surface area contributed by atoms with E-state index in [9.17, 15) is 9.59 Å². The van der Waals surface area contributed by atoms with E-state index in [1.165, 1.54) is 0 Å². The molecule has 0 bridgehead atoms. The Labute approximate surface area is 149 Å². The summed E-state index contributed by atoms with van der Waals surface area (Å²) in [6, 6.07) is 11.5. The van der Waals surface area contributed by atoms with Gasteiger partial charge in [0.1, 0.15) is 5.75 Å². The van der Waals surface area contributed by atoms with Crippen LogP contribution < -0.4 is 15.4 Å². The molecule has 2 rings (SSSR count). The molecule has 0 heterocycles. The number of anilines is 2. The van der Waals surface area contributed by atoms with Gasteiger partial charge in [-0.2, -0.15) is 0 Å². The Morgan fingerprint density at radius 2 is 1.46 bits per heavy atom. The van der Waals surface area contributed by atoms with Crippen LogP contribution in [-0.2, 0) is 9.59 Å². The van der Waals surface area contributed by atoms with Crippen LogP contribution in [0.5, 0.6) is 5.75 Å². The van der Waals surface area contributed by atoms with Gasteiger partial charge in [0.05, 0.1) is 21.8 Å². The summed E-state index contributed by atoms with van der Waals surface area (Å²) in [5, 5.41) is 5.38. The van der Waals surface area contributed by atoms with Crippen molar-refractivity contribution >= 4 is 46.4 Å². The van der Waals surface area contributed by atoms with Gasteiger partial charge in [-0.3, -0.25) is 9.59 Å². The molecule has 0 unspecified atom stereocenters. The predicted octanol–water partition coefficient (Wildman–Crippen LogP) is 4.36. The molecule has 5 nitrogen and oxygen atoms in total. The van der Waals surface area contributed by atoms with Crippen molar-refractivity contribution in [3.05, 3.63) is 52.5 Å². The number of carbonyl (C=O) groups is 2. The molecule has 0 aliphatic heterocycles. The van der Waals surface area contributed by atoms with Crippen molar-refractivity contribution in [2.45, 2.75) is 20.0 Å². The lowest BCUT2D eigenvalue weighted by molar-refractivity contribution is -0.132. The number of amides is 2. The van der Waals surface area contributed by atoms with Gasteiger partial charge in [-0.25, -0.2) is 0 Å². The third-order valence-electron chi connectivity index (χ3n) is 2.89. The van der Waals surface area contributed by atoms with E-state index in [1.807, 2.05) is 13.8 Å². The maximum atomic E-state index is 12.0. The number of ether oxygens (including phenoxy) is 1. The van der Waals surface area contributed by atoms with E-state index < -0.39 is 11.8 Å². The normalized spacial score (nSPS) is 10.4. The van der Waals surface area contributed by atoms with Gasteiger partial charge in [0, 0.05) is 5.69 Å². The third kappa shape index (κ3) is 4.88. The van der Waals surface area contributed by atoms with Gasteiger partial charge in [0.25, 0.3) is 0 Å². The van der Waals surface area contributed by atoms with Crippen LogP contribution in [0.2, 0.25) is 10.0 Å². The van der Waals surface area contributed by atoms with Crippen molar-refractivity contribution in [1.29, 1.82) is 0 Å². The van der Waals surface area contributed by atoms with Crippen LogP contribution in [0.1, 0.15) is 13.8 Å². The van der Waals surface area contributed by atoms with E-state index >= 15 is 0 Å². The molecule has 2 N–H and O–H groups in total. The zero-order chi connectivity index (χ0) is 17.7. The highest BCUT2D eigenvalue weighted by Gasteiger charge is 2.17. The maximum Gasteiger partial charge on any atom is 0.314 e. The van der Waals surface area contributed by atoms with Gasteiger partial charge in [-0.1, -0.05) is 29.3 Å². The Morgan fingerprint density at radius 3 is 2.00 bits per heavy atom. The summed E-state index contributed by atoms with van der Waals surface area (Å²) in [5.74, 6) is -1.02. The van der Waals surface area contributed by atoms with E-state index in [0.29, 0.717) is 11.4 Å². The second kappa shape index (κ2) is 8.04. The summed E-state index contributed by atoms with van der Waals surface area (Å²) in [6.07, 6.45) is 0.0524. The van der Waals surface area contributed by atoms with Crippen LogP contribution in [0.15, 0.2) is 42.5 Å². The van der Waals surface area contributed by atoms with Crippen molar-refractivity contribution in [1.82, 2.24) is 0 Å². The molecular weight excluding hydrogens is 351 g/mol. The highest BCUT2D eigenvalue weighted by Crippen LogP contribution is 2.29. The molecule has 0 saturated heterocycles. The first-order valence-corrected chi connectivity index (χ1v) is 7.95. The molecule has 24 heavy (non-hydrogen) atoms. The molecule has 0 aliphatic carbocycles. The zero-order valence-corrected chi connectivity index (χ0v) is 14.6. The van der Waals surface area contributed by atoms with Gasteiger partial charge in [-0.15, -0.1) is 0 Å². The fraction of sp³-hybridized carbons (Fsp3) is 0.176. The van der Waals surface area contributed by atoms with Crippen LogP contribution in [0.25, 0.3) is 0 Å². The van der Waals surface area contributed by atoms with E-state index in [4.69, 9.17) is 27.9 Å². The van der Waals surface area contributed by atoms with E-state index in [1.54, 1.807) is 42.5 Å². The fourth-order valence-electron chi connectivity index (χ4n) is 1.86. The van der Waals surface area contributed by atoms with Gasteiger partial charge in [0.15, 0.2) is 0 Å². The standard InChI is InChI=1S/C17H16Cl2N2O3/c1-10(2)24-12-8-6-11(7-9-12)20-16(22)17(23)21-15-13(18)4-3-5-14(15)19/h3-10H,1-2H3,(H,20,22)(H,21,23). The summed E-state index contributed by atoms with van der Waals surface area (Å²) in [4.78, 5) is 23.9. The number of hydrogen-bond donors (Lipinski definition) is 2. The predicted molar refractivity (Wildman–Crippen MR) is 95.9 cm³/mol. The molecule has 0 atom stereocenters. The van der Waals surface area contributed by atoms with Gasteiger partial charge >= 0.3 is 11.8 Å². The lowest BCUT2D eigenvalue weighted by Gasteiger charge is -2.11. The van der Waals surface area contributed by atoms with E-state index in [2.05, 4.69) is 10.6 Å². The quantitative estimate of drug-likeness (QED) is 0.790. The van der Waals surface area contributed by atoms with Crippen LogP contribution in [-0.4, -0.2) is 17.9 Å². The van der Waals surface area contributed by atoms with Crippen LogP contribution in [0.3, 0.4) is 0 Å². The number of benzene rings is 2. The Kier molecular flexibility index (Phi) is 6.06. The highest BCUT2D eigenvalue weighted by atomic mass is 35.5. The average Bonchev–Trinajstić information content (AvgIpc) is 2.52. The summed E-state index contributed by atoms with van der Waals surface area (Å²) >= 11 is 11.9. The molecule has 2 amide bonds. The van der Waals surface area contributed by atoms with Gasteiger partial charge in [0.2, 0.25) is 0 Å². The minimum Gasteiger partial charge on any atom is -0.491 e. The van der Waals surface area contributed by atoms with E-state index in [0.717, 1.165) is 0 Å². The van der Waals surface area contributed by atoms with Crippen molar-refractivity contribution in [3.63, 3.8) is 0 Å². The minimum absolute atomic E-state index is 0.0524. The number of hydrogen-bond acceptors (Lipinski definition) is 3. The summed E-state index contributed by atoms with van der Waals surface area (Å²) < 4.78 is 5.51. The Balaban J connectivity index is 2.00. The topological polar surface area (TPSA) is 67.4 Å². The average molecular weight is 367 g/mol. The largest absolute Gasteiger partial charge is 0.491 e. The molecule has 0 spiro atoms. The molecule has 0 radical (unpaired) electrons. The Hall–Kier alpha value is -2.24. The molecule has 2 aromatic carbocycles. The summed E-state index contributed by atoms with van der Waals surface area (Å²) in [7, 11) is 0. The SMILES string of the molecule is CC(C)Oc1ccc(NC(=O)C(=O)Nc2c(Cl)cccc2Cl)cc1. The maximum absolute atomic E-state index is 12.0. The van der Waals surface area contributed by atoms with Crippen LogP contribution in [0, 0.1) is 0 Å². The summed E-state index contributed by atoms with van der Waals surface area (Å²) in [5.41, 5.74) is 0.665. The highest BCUT2D eigenvalue weighted by molar-refractivity contribution is 6.46. The van der Waals surface area contributed by atoms with Crippen LogP contribution >= 0.6 is 23.2 Å². The fourth-order valence-corrected chi connectivity index (χ4v) is 2.36. The molecule has 0 saturated carbocycles. The summed E-state index contributed by atoms with van der Waals surface area (Å²) in [6.45, 7) is 3.83. The monoisotopic (exact) mass is 366 g/mol. The molecule has 7 heteroatoms. The molecular formula is C17H16Cl2N2O3. The number of rotatable bonds is 4. The number of nitrogens with one attached hydrogen (secondary N) is 2. The molecule has 0 aliphatic rings. The second-order valence-electron chi connectivity index (χ2n) is 5.20. The second-order valence-corrected chi connectivity index (χ2v) is 6.01. The Bertz CT molecular complexity index is 726. The first kappa shape index (κ1) is 18.1. The van der Waals surface area contributed by atoms with Crippen molar-refractivity contribution in [3.8, 4) is 5.75 Å². The number of halogens is 2. The van der Waals surface area contributed by atoms with Crippen molar-refractivity contribution in [2.75, 3.05) is 10.6 Å². The van der Waals surface area contributed by atoms with Crippen molar-refractivity contribution < 1.29 is 14.3 Å². The lowest BCUT2D eigenvalue weighted by Crippen LogP contribution is -2.29. The number of carbonyl (C=O) groups excluding carboxylic acids is 2. The molecule has 0 aromatic heterocycles. The molecule has 126 valence electrons. The number of para-hydroxylation sites is 1. The first-order valence-electron chi connectivity index (χ1n) is 7.20. The zero-order valence-electron chi connectivity index (χ0n) is 13.1.